The maximum Gasteiger partial charge on any atom is 0.317 e. The summed E-state index contributed by atoms with van der Waals surface area (Å²) in [5.74, 6) is 0.362. The lowest BCUT2D eigenvalue weighted by molar-refractivity contribution is 0.0761. The molecule has 1 aromatic rings. The maximum atomic E-state index is 12.6. The van der Waals surface area contributed by atoms with Gasteiger partial charge in [-0.2, -0.15) is 0 Å². The highest BCUT2D eigenvalue weighted by atomic mass is 16.5. The fraction of sp³-hybridized carbons (Fsp3) is 0.562. The van der Waals surface area contributed by atoms with Gasteiger partial charge in [-0.25, -0.2) is 9.78 Å². The number of hydrogen-bond acceptors (Lipinski definition) is 4. The Labute approximate surface area is 136 Å². The van der Waals surface area contributed by atoms with Crippen molar-refractivity contribution in [1.29, 1.82) is 0 Å². The molecule has 1 aliphatic rings. The van der Waals surface area contributed by atoms with E-state index < -0.39 is 0 Å². The van der Waals surface area contributed by atoms with E-state index in [0.717, 1.165) is 6.42 Å². The van der Waals surface area contributed by atoms with Gasteiger partial charge in [-0.05, 0) is 26.3 Å². The number of nitrogens with zero attached hydrogens (tertiary/aromatic N) is 3. The second-order valence-corrected chi connectivity index (χ2v) is 5.82. The van der Waals surface area contributed by atoms with Gasteiger partial charge in [-0.1, -0.05) is 0 Å². The van der Waals surface area contributed by atoms with Gasteiger partial charge in [-0.15, -0.1) is 0 Å². The number of urea groups is 1. The minimum Gasteiger partial charge on any atom is -0.481 e. The zero-order valence-electron chi connectivity index (χ0n) is 13.9. The minimum absolute atomic E-state index is 0.0585. The number of nitrogens with one attached hydrogen (secondary N) is 1. The third kappa shape index (κ3) is 4.58. The summed E-state index contributed by atoms with van der Waals surface area (Å²) in [7, 11) is 1.52. The minimum atomic E-state index is -0.0696. The van der Waals surface area contributed by atoms with Crippen molar-refractivity contribution in [3.05, 3.63) is 23.9 Å². The van der Waals surface area contributed by atoms with Crippen molar-refractivity contribution >= 4 is 11.9 Å². The number of rotatable bonds is 3. The molecule has 1 aromatic heterocycles. The predicted molar refractivity (Wildman–Crippen MR) is 86.6 cm³/mol. The van der Waals surface area contributed by atoms with E-state index in [0.29, 0.717) is 37.6 Å². The van der Waals surface area contributed by atoms with E-state index >= 15 is 0 Å². The van der Waals surface area contributed by atoms with Crippen LogP contribution in [0.2, 0.25) is 0 Å². The fourth-order valence-corrected chi connectivity index (χ4v) is 2.50. The van der Waals surface area contributed by atoms with Gasteiger partial charge in [0.15, 0.2) is 0 Å². The van der Waals surface area contributed by atoms with Crippen LogP contribution in [0, 0.1) is 0 Å². The molecule has 0 saturated carbocycles. The zero-order chi connectivity index (χ0) is 16.8. The molecule has 1 aliphatic heterocycles. The molecule has 3 amide bonds. The van der Waals surface area contributed by atoms with E-state index in [2.05, 4.69) is 10.3 Å². The number of carbonyl (C=O) groups excluding carboxylic acids is 2. The van der Waals surface area contributed by atoms with Gasteiger partial charge in [0.1, 0.15) is 0 Å². The van der Waals surface area contributed by atoms with Crippen molar-refractivity contribution in [2.75, 3.05) is 33.3 Å². The first-order valence-electron chi connectivity index (χ1n) is 7.86. The Hall–Kier alpha value is -2.31. The SMILES string of the molecule is COc1cc(C(=O)N2CCCN(C(=O)NC(C)C)CC2)ccn1. The highest BCUT2D eigenvalue weighted by Gasteiger charge is 2.23. The van der Waals surface area contributed by atoms with Gasteiger partial charge in [-0.3, -0.25) is 4.79 Å². The van der Waals surface area contributed by atoms with Crippen LogP contribution in [0.5, 0.6) is 5.88 Å². The summed E-state index contributed by atoms with van der Waals surface area (Å²) in [6, 6.07) is 3.35. The first kappa shape index (κ1) is 17.1. The van der Waals surface area contributed by atoms with Gasteiger partial charge < -0.3 is 19.9 Å². The average Bonchev–Trinajstić information content (AvgIpc) is 2.79. The van der Waals surface area contributed by atoms with Gasteiger partial charge in [0, 0.05) is 50.0 Å². The lowest BCUT2D eigenvalue weighted by Gasteiger charge is -2.23. The van der Waals surface area contributed by atoms with Gasteiger partial charge in [0.05, 0.1) is 7.11 Å². The number of amides is 3. The molecule has 2 rings (SSSR count). The van der Waals surface area contributed by atoms with Crippen LogP contribution in [0.1, 0.15) is 30.6 Å². The monoisotopic (exact) mass is 320 g/mol. The van der Waals surface area contributed by atoms with Crippen LogP contribution in [-0.4, -0.2) is 66.1 Å². The van der Waals surface area contributed by atoms with Crippen LogP contribution in [0.4, 0.5) is 4.79 Å². The third-order valence-electron chi connectivity index (χ3n) is 3.67. The van der Waals surface area contributed by atoms with Crippen LogP contribution in [-0.2, 0) is 0 Å². The molecule has 2 heterocycles. The van der Waals surface area contributed by atoms with E-state index in [1.807, 2.05) is 13.8 Å². The van der Waals surface area contributed by atoms with Crippen molar-refractivity contribution < 1.29 is 14.3 Å². The quantitative estimate of drug-likeness (QED) is 0.912. The van der Waals surface area contributed by atoms with Crippen LogP contribution in [0.15, 0.2) is 18.3 Å². The molecule has 1 saturated heterocycles. The summed E-state index contributed by atoms with van der Waals surface area (Å²) in [5, 5.41) is 2.89. The normalized spacial score (nSPS) is 15.3. The van der Waals surface area contributed by atoms with Gasteiger partial charge >= 0.3 is 6.03 Å². The van der Waals surface area contributed by atoms with Crippen LogP contribution in [0.25, 0.3) is 0 Å². The predicted octanol–water partition coefficient (Wildman–Crippen LogP) is 1.36. The van der Waals surface area contributed by atoms with Crippen molar-refractivity contribution in [2.45, 2.75) is 26.3 Å². The molecular weight excluding hydrogens is 296 g/mol. The average molecular weight is 320 g/mol. The summed E-state index contributed by atoms with van der Waals surface area (Å²) in [5.41, 5.74) is 0.553. The maximum absolute atomic E-state index is 12.6. The van der Waals surface area contributed by atoms with E-state index in [4.69, 9.17) is 4.74 Å². The number of aromatic nitrogens is 1. The molecule has 0 atom stereocenters. The molecule has 0 bridgehead atoms. The largest absolute Gasteiger partial charge is 0.481 e. The molecule has 7 heteroatoms. The first-order valence-corrected chi connectivity index (χ1v) is 7.86. The highest BCUT2D eigenvalue weighted by Crippen LogP contribution is 2.13. The fourth-order valence-electron chi connectivity index (χ4n) is 2.50. The molecule has 23 heavy (non-hydrogen) atoms. The van der Waals surface area contributed by atoms with Crippen molar-refractivity contribution in [1.82, 2.24) is 20.1 Å². The van der Waals surface area contributed by atoms with E-state index in [-0.39, 0.29) is 18.0 Å². The number of hydrogen-bond donors (Lipinski definition) is 1. The van der Waals surface area contributed by atoms with Crippen LogP contribution in [0.3, 0.4) is 0 Å². The standard InChI is InChI=1S/C16H24N4O3/c1-12(2)18-16(22)20-8-4-7-19(9-10-20)15(21)13-5-6-17-14(11-13)23-3/h5-6,11-12H,4,7-10H2,1-3H3,(H,18,22). The Morgan fingerprint density at radius 1 is 1.22 bits per heavy atom. The van der Waals surface area contributed by atoms with E-state index in [9.17, 15) is 9.59 Å². The number of pyridine rings is 1. The second-order valence-electron chi connectivity index (χ2n) is 5.82. The Bertz CT molecular complexity index is 562. The number of ether oxygens (including phenoxy) is 1. The lowest BCUT2D eigenvalue weighted by atomic mass is 10.2. The van der Waals surface area contributed by atoms with E-state index in [1.54, 1.807) is 28.1 Å². The smallest absolute Gasteiger partial charge is 0.317 e. The Kier molecular flexibility index (Phi) is 5.78. The number of carbonyl (C=O) groups is 2. The molecule has 0 spiro atoms. The van der Waals surface area contributed by atoms with Crippen molar-refractivity contribution in [3.8, 4) is 5.88 Å². The number of methoxy groups -OCH3 is 1. The molecule has 0 aromatic carbocycles. The summed E-state index contributed by atoms with van der Waals surface area (Å²) in [6.45, 7) is 6.21. The molecule has 7 nitrogen and oxygen atoms in total. The summed E-state index contributed by atoms with van der Waals surface area (Å²) in [6.07, 6.45) is 2.33. The molecule has 1 N–H and O–H groups in total. The molecule has 126 valence electrons. The Balaban J connectivity index is 1.99. The topological polar surface area (TPSA) is 74.8 Å². The highest BCUT2D eigenvalue weighted by molar-refractivity contribution is 5.94. The van der Waals surface area contributed by atoms with Gasteiger partial charge in [0.2, 0.25) is 5.88 Å². The molecule has 1 fully saturated rings. The van der Waals surface area contributed by atoms with Gasteiger partial charge in [0.25, 0.3) is 5.91 Å². The zero-order valence-corrected chi connectivity index (χ0v) is 13.9. The summed E-state index contributed by atoms with van der Waals surface area (Å²) in [4.78, 5) is 32.2. The molecule has 0 radical (unpaired) electrons. The van der Waals surface area contributed by atoms with Crippen molar-refractivity contribution in [3.63, 3.8) is 0 Å². The second kappa shape index (κ2) is 7.80. The van der Waals surface area contributed by atoms with Crippen LogP contribution < -0.4 is 10.1 Å². The Morgan fingerprint density at radius 3 is 2.61 bits per heavy atom. The summed E-state index contributed by atoms with van der Waals surface area (Å²) >= 11 is 0. The lowest BCUT2D eigenvalue weighted by Crippen LogP contribution is -2.44. The molecule has 0 aliphatic carbocycles. The van der Waals surface area contributed by atoms with E-state index in [1.165, 1.54) is 7.11 Å². The van der Waals surface area contributed by atoms with Crippen molar-refractivity contribution in [2.24, 2.45) is 0 Å². The molecular formula is C16H24N4O3. The molecule has 0 unspecified atom stereocenters. The third-order valence-corrected chi connectivity index (χ3v) is 3.67. The van der Waals surface area contributed by atoms with Crippen LogP contribution >= 0.6 is 0 Å². The summed E-state index contributed by atoms with van der Waals surface area (Å²) < 4.78 is 5.06. The first-order chi connectivity index (χ1) is 11.0. The Morgan fingerprint density at radius 2 is 1.91 bits per heavy atom.